The first kappa shape index (κ1) is 15.8. The van der Waals surface area contributed by atoms with Crippen LogP contribution in [0.2, 0.25) is 5.02 Å². The van der Waals surface area contributed by atoms with Gasteiger partial charge in [0.1, 0.15) is 11.7 Å². The van der Waals surface area contributed by atoms with Crippen molar-refractivity contribution in [2.24, 2.45) is 5.92 Å². The number of nitrogens with zero attached hydrogens (tertiary/aromatic N) is 3. The van der Waals surface area contributed by atoms with E-state index in [4.69, 9.17) is 21.8 Å². The minimum Gasteiger partial charge on any atom is -0.302 e. The second-order valence-electron chi connectivity index (χ2n) is 7.10. The van der Waals surface area contributed by atoms with Crippen molar-refractivity contribution in [3.05, 3.63) is 34.2 Å². The van der Waals surface area contributed by atoms with Crippen molar-refractivity contribution in [2.45, 2.75) is 56.8 Å². The second-order valence-corrected chi connectivity index (χ2v) is 7.50. The molecule has 0 radical (unpaired) electrons. The predicted octanol–water partition coefficient (Wildman–Crippen LogP) is 5.10. The van der Waals surface area contributed by atoms with Gasteiger partial charge in [0.25, 0.3) is 0 Å². The van der Waals surface area contributed by atoms with Crippen LogP contribution in [0.5, 0.6) is 0 Å². The van der Waals surface area contributed by atoms with E-state index in [1.165, 1.54) is 0 Å². The first-order valence-electron chi connectivity index (χ1n) is 8.45. The average Bonchev–Trinajstić information content (AvgIpc) is 3.33. The van der Waals surface area contributed by atoms with E-state index in [1.54, 1.807) is 12.3 Å². The average molecular weight is 350 g/mol. The highest BCUT2D eigenvalue weighted by Gasteiger charge is 2.36. The number of nitriles is 1. The van der Waals surface area contributed by atoms with Crippen LogP contribution >= 0.6 is 11.6 Å². The molecule has 2 aliphatic carbocycles. The Labute approximate surface area is 144 Å². The number of imidazole rings is 1. The fourth-order valence-electron chi connectivity index (χ4n) is 3.68. The first-order chi connectivity index (χ1) is 11.5. The molecule has 0 aliphatic heterocycles. The van der Waals surface area contributed by atoms with E-state index in [2.05, 4.69) is 6.07 Å². The van der Waals surface area contributed by atoms with Gasteiger partial charge < -0.3 is 4.40 Å². The molecule has 0 aromatic carbocycles. The Balaban J connectivity index is 1.69. The van der Waals surface area contributed by atoms with Crippen LogP contribution in [0.15, 0.2) is 12.3 Å². The van der Waals surface area contributed by atoms with Gasteiger partial charge in [-0.1, -0.05) is 11.6 Å². The highest BCUT2D eigenvalue weighted by Crippen LogP contribution is 2.44. The van der Waals surface area contributed by atoms with Crippen molar-refractivity contribution in [3.63, 3.8) is 0 Å². The summed E-state index contributed by atoms with van der Waals surface area (Å²) >= 11 is 6.19. The molecule has 0 bridgehead atoms. The fraction of sp³-hybridized carbons (Fsp3) is 0.556. The van der Waals surface area contributed by atoms with Gasteiger partial charge in [0.2, 0.25) is 5.92 Å². The van der Waals surface area contributed by atoms with Gasteiger partial charge in [-0.2, -0.15) is 5.26 Å². The van der Waals surface area contributed by atoms with Crippen molar-refractivity contribution in [3.8, 4) is 6.07 Å². The molecule has 0 N–H and O–H groups in total. The Kier molecular flexibility index (Phi) is 3.76. The summed E-state index contributed by atoms with van der Waals surface area (Å²) in [6.07, 6.45) is 5.81. The van der Waals surface area contributed by atoms with Crippen LogP contribution in [0.25, 0.3) is 5.65 Å². The molecular weight excluding hydrogens is 332 g/mol. The molecule has 0 saturated heterocycles. The van der Waals surface area contributed by atoms with Crippen LogP contribution in [-0.4, -0.2) is 15.3 Å². The molecular formula is C18H18ClF2N3. The largest absolute Gasteiger partial charge is 0.302 e. The Morgan fingerprint density at radius 3 is 2.62 bits per heavy atom. The Morgan fingerprint density at radius 2 is 2.00 bits per heavy atom. The highest BCUT2D eigenvalue weighted by molar-refractivity contribution is 6.31. The van der Waals surface area contributed by atoms with Gasteiger partial charge >= 0.3 is 0 Å². The number of aromatic nitrogens is 2. The number of hydrogen-bond donors (Lipinski definition) is 0. The predicted molar refractivity (Wildman–Crippen MR) is 87.5 cm³/mol. The maximum absolute atomic E-state index is 13.4. The molecule has 2 aromatic heterocycles. The Hall–Kier alpha value is -1.67. The summed E-state index contributed by atoms with van der Waals surface area (Å²) in [6, 6.07) is 3.80. The van der Waals surface area contributed by atoms with Crippen LogP contribution < -0.4 is 0 Å². The Morgan fingerprint density at radius 1 is 1.29 bits per heavy atom. The first-order valence-corrected chi connectivity index (χ1v) is 8.83. The maximum Gasteiger partial charge on any atom is 0.248 e. The van der Waals surface area contributed by atoms with Crippen LogP contribution in [0.3, 0.4) is 0 Å². The summed E-state index contributed by atoms with van der Waals surface area (Å²) in [6.45, 7) is 0. The number of alkyl halides is 2. The number of hydrogen-bond acceptors (Lipinski definition) is 2. The molecule has 0 amide bonds. The number of pyridine rings is 1. The van der Waals surface area contributed by atoms with Crippen molar-refractivity contribution in [2.75, 3.05) is 0 Å². The minimum absolute atomic E-state index is 0.0213. The molecule has 0 unspecified atom stereocenters. The van der Waals surface area contributed by atoms with Crippen molar-refractivity contribution < 1.29 is 8.78 Å². The zero-order valence-corrected chi connectivity index (χ0v) is 14.0. The number of fused-ring (bicyclic) bond motifs is 1. The number of halogens is 3. The molecule has 24 heavy (non-hydrogen) atoms. The molecule has 2 aromatic rings. The zero-order valence-electron chi connectivity index (χ0n) is 13.2. The minimum atomic E-state index is -2.50. The van der Waals surface area contributed by atoms with Gasteiger partial charge in [0.15, 0.2) is 0 Å². The molecule has 3 nitrogen and oxygen atoms in total. The third kappa shape index (κ3) is 2.88. The second kappa shape index (κ2) is 5.70. The van der Waals surface area contributed by atoms with Gasteiger partial charge in [0.05, 0.1) is 16.3 Å². The van der Waals surface area contributed by atoms with Crippen LogP contribution in [0, 0.1) is 17.2 Å². The van der Waals surface area contributed by atoms with Crippen LogP contribution in [0.4, 0.5) is 8.78 Å². The molecule has 0 spiro atoms. The zero-order chi connectivity index (χ0) is 16.9. The summed E-state index contributed by atoms with van der Waals surface area (Å²) in [5.41, 5.74) is 3.31. The van der Waals surface area contributed by atoms with Gasteiger partial charge in [-0.3, -0.25) is 0 Å². The van der Waals surface area contributed by atoms with E-state index in [0.717, 1.165) is 36.3 Å². The monoisotopic (exact) mass is 349 g/mol. The lowest BCUT2D eigenvalue weighted by atomic mass is 9.83. The summed E-state index contributed by atoms with van der Waals surface area (Å²) in [7, 11) is 0. The standard InChI is InChI=1S/C18H18ClF2N3/c19-14-10-24-15(7-11-3-5-18(20,21)6-4-11)17(12-1-2-12)23-16(24)8-13(14)9-22/h8,10-12H,1-7H2. The third-order valence-electron chi connectivity index (χ3n) is 5.24. The van der Waals surface area contributed by atoms with Crippen molar-refractivity contribution >= 4 is 17.2 Å². The number of rotatable bonds is 3. The molecule has 0 atom stereocenters. The van der Waals surface area contributed by atoms with Crippen LogP contribution in [0.1, 0.15) is 61.4 Å². The summed E-state index contributed by atoms with van der Waals surface area (Å²) in [5, 5.41) is 9.55. The van der Waals surface area contributed by atoms with E-state index in [1.807, 2.05) is 4.40 Å². The molecule has 126 valence electrons. The van der Waals surface area contributed by atoms with Gasteiger partial charge in [0, 0.05) is 36.7 Å². The summed E-state index contributed by atoms with van der Waals surface area (Å²) < 4.78 is 28.8. The normalized spacial score (nSPS) is 21.1. The van der Waals surface area contributed by atoms with Gasteiger partial charge in [-0.05, 0) is 38.0 Å². The van der Waals surface area contributed by atoms with E-state index < -0.39 is 5.92 Å². The lowest BCUT2D eigenvalue weighted by Crippen LogP contribution is -2.26. The molecule has 2 heterocycles. The van der Waals surface area contributed by atoms with Gasteiger partial charge in [-0.25, -0.2) is 13.8 Å². The van der Waals surface area contributed by atoms with E-state index in [9.17, 15) is 8.78 Å². The smallest absolute Gasteiger partial charge is 0.248 e. The lowest BCUT2D eigenvalue weighted by molar-refractivity contribution is -0.0457. The molecule has 6 heteroatoms. The lowest BCUT2D eigenvalue weighted by Gasteiger charge is -2.28. The topological polar surface area (TPSA) is 41.1 Å². The quantitative estimate of drug-likeness (QED) is 0.773. The highest BCUT2D eigenvalue weighted by atomic mass is 35.5. The van der Waals surface area contributed by atoms with Crippen molar-refractivity contribution in [1.82, 2.24) is 9.38 Å². The molecule has 2 fully saturated rings. The van der Waals surface area contributed by atoms with E-state index in [0.29, 0.717) is 29.3 Å². The van der Waals surface area contributed by atoms with Crippen LogP contribution in [-0.2, 0) is 6.42 Å². The third-order valence-corrected chi connectivity index (χ3v) is 5.55. The summed E-state index contributed by atoms with van der Waals surface area (Å²) in [5.74, 6) is -1.77. The SMILES string of the molecule is N#Cc1cc2nc(C3CC3)c(CC3CCC(F)(F)CC3)n2cc1Cl. The summed E-state index contributed by atoms with van der Waals surface area (Å²) in [4.78, 5) is 4.72. The fourth-order valence-corrected chi connectivity index (χ4v) is 3.87. The van der Waals surface area contributed by atoms with Gasteiger partial charge in [-0.15, -0.1) is 0 Å². The molecule has 2 saturated carbocycles. The van der Waals surface area contributed by atoms with Crippen molar-refractivity contribution in [1.29, 1.82) is 5.26 Å². The van der Waals surface area contributed by atoms with E-state index in [-0.39, 0.29) is 18.8 Å². The Bertz CT molecular complexity index is 823. The maximum atomic E-state index is 13.4. The van der Waals surface area contributed by atoms with E-state index >= 15 is 0 Å². The molecule has 4 rings (SSSR count). The molecule has 2 aliphatic rings.